The highest BCUT2D eigenvalue weighted by atomic mass is 17.3. The van der Waals surface area contributed by atoms with Crippen LogP contribution in [-0.2, 0) is 33.5 Å². The Labute approximate surface area is 223 Å². The highest BCUT2D eigenvalue weighted by molar-refractivity contribution is 4.99. The van der Waals surface area contributed by atoms with Gasteiger partial charge in [-0.3, -0.25) is 0 Å². The van der Waals surface area contributed by atoms with Gasteiger partial charge in [0, 0.05) is 0 Å². The van der Waals surface area contributed by atoms with E-state index >= 15 is 0 Å². The first kappa shape index (κ1) is 35.7. The topological polar surface area (TPSA) is 64.6 Å². The second kappa shape index (κ2) is 16.6. The zero-order valence-electron chi connectivity index (χ0n) is 26.0. The van der Waals surface area contributed by atoms with Crippen LogP contribution in [0, 0.1) is 5.92 Å². The standard InChI is InChI=1S/C29H60O7/c1-14-17-19-21-32-36-29(34-25(8)16-3,35-26(9,10)11)28(30-20-18-15-2,31-22-23(4)5)27(12,13)33-24(6)7/h23-25H,14-22H2,1-13H3. The maximum Gasteiger partial charge on any atom is 0.371 e. The summed E-state index contributed by atoms with van der Waals surface area (Å²) in [6.45, 7) is 27.4. The molecular formula is C29H60O7. The molecule has 0 spiro atoms. The zero-order chi connectivity index (χ0) is 28.0. The van der Waals surface area contributed by atoms with Crippen LogP contribution in [-0.4, -0.2) is 55.0 Å². The number of hydrogen-bond donors (Lipinski definition) is 0. The lowest BCUT2D eigenvalue weighted by Gasteiger charge is -2.55. The Morgan fingerprint density at radius 1 is 0.694 bits per heavy atom. The quantitative estimate of drug-likeness (QED) is 0.0662. The molecule has 0 aliphatic carbocycles. The molecular weight excluding hydrogens is 460 g/mol. The SMILES string of the molecule is CCCCCOOC(OC(C)CC)(OC(C)(C)C)C(OCCCC)(OCC(C)C)C(C)(C)OC(C)C. The number of rotatable bonds is 21. The molecule has 0 heterocycles. The van der Waals surface area contributed by atoms with Crippen molar-refractivity contribution in [3.63, 3.8) is 0 Å². The first-order chi connectivity index (χ1) is 16.6. The van der Waals surface area contributed by atoms with E-state index in [2.05, 4.69) is 34.6 Å². The van der Waals surface area contributed by atoms with Crippen LogP contribution in [0.3, 0.4) is 0 Å². The minimum Gasteiger partial charge on any atom is -0.367 e. The van der Waals surface area contributed by atoms with Gasteiger partial charge in [-0.25, -0.2) is 4.89 Å². The molecule has 0 radical (unpaired) electrons. The third-order valence-corrected chi connectivity index (χ3v) is 5.52. The van der Waals surface area contributed by atoms with Crippen LogP contribution in [0.5, 0.6) is 0 Å². The van der Waals surface area contributed by atoms with E-state index in [9.17, 15) is 0 Å². The monoisotopic (exact) mass is 520 g/mol. The molecule has 7 heteroatoms. The fourth-order valence-electron chi connectivity index (χ4n) is 3.79. The van der Waals surface area contributed by atoms with Gasteiger partial charge < -0.3 is 23.7 Å². The van der Waals surface area contributed by atoms with Crippen LogP contribution in [0.1, 0.15) is 129 Å². The van der Waals surface area contributed by atoms with E-state index in [1.54, 1.807) is 0 Å². The summed E-state index contributed by atoms with van der Waals surface area (Å²) in [6.07, 6.45) is 5.13. The molecule has 7 nitrogen and oxygen atoms in total. The zero-order valence-corrected chi connectivity index (χ0v) is 26.0. The molecule has 0 aliphatic heterocycles. The van der Waals surface area contributed by atoms with Gasteiger partial charge in [0.2, 0.25) is 0 Å². The normalized spacial score (nSPS) is 17.4. The molecule has 3 unspecified atom stereocenters. The Bertz CT molecular complexity index is 558. The van der Waals surface area contributed by atoms with E-state index in [0.717, 1.165) is 38.5 Å². The molecule has 0 rings (SSSR count). The predicted molar refractivity (Wildman–Crippen MR) is 146 cm³/mol. The van der Waals surface area contributed by atoms with Crippen molar-refractivity contribution in [3.8, 4) is 0 Å². The lowest BCUT2D eigenvalue weighted by molar-refractivity contribution is -0.605. The minimum atomic E-state index is -1.87. The minimum absolute atomic E-state index is 0.113. The van der Waals surface area contributed by atoms with Crippen molar-refractivity contribution in [1.29, 1.82) is 0 Å². The van der Waals surface area contributed by atoms with Gasteiger partial charge in [-0.15, -0.1) is 0 Å². The molecule has 0 saturated carbocycles. The van der Waals surface area contributed by atoms with E-state index < -0.39 is 23.0 Å². The molecule has 218 valence electrons. The summed E-state index contributed by atoms with van der Waals surface area (Å²) < 4.78 is 33.3. The van der Waals surface area contributed by atoms with E-state index in [1.165, 1.54) is 0 Å². The average Bonchev–Trinajstić information content (AvgIpc) is 2.73. The highest BCUT2D eigenvalue weighted by Gasteiger charge is 2.70. The van der Waals surface area contributed by atoms with E-state index in [-0.39, 0.29) is 18.1 Å². The van der Waals surface area contributed by atoms with E-state index in [4.69, 9.17) is 33.5 Å². The first-order valence-electron chi connectivity index (χ1n) is 14.3. The Hall–Kier alpha value is -0.280. The van der Waals surface area contributed by atoms with Crippen LogP contribution in [0.25, 0.3) is 0 Å². The summed E-state index contributed by atoms with van der Waals surface area (Å²) in [5.74, 6) is -3.26. The van der Waals surface area contributed by atoms with Gasteiger partial charge in [0.15, 0.2) is 0 Å². The average molecular weight is 521 g/mol. The van der Waals surface area contributed by atoms with Gasteiger partial charge in [-0.2, -0.15) is 4.89 Å². The summed E-state index contributed by atoms with van der Waals surface area (Å²) in [5.41, 5.74) is -1.73. The van der Waals surface area contributed by atoms with Gasteiger partial charge >= 0.3 is 5.97 Å². The molecule has 0 aliphatic rings. The van der Waals surface area contributed by atoms with Gasteiger partial charge in [0.05, 0.1) is 37.6 Å². The Morgan fingerprint density at radius 2 is 1.31 bits per heavy atom. The molecule has 0 bridgehead atoms. The van der Waals surface area contributed by atoms with E-state index in [0.29, 0.717) is 19.8 Å². The molecule has 0 aromatic rings. The van der Waals surface area contributed by atoms with Crippen LogP contribution in [0.2, 0.25) is 0 Å². The number of hydrogen-bond acceptors (Lipinski definition) is 7. The fourth-order valence-corrected chi connectivity index (χ4v) is 3.79. The molecule has 0 amide bonds. The first-order valence-corrected chi connectivity index (χ1v) is 14.3. The van der Waals surface area contributed by atoms with E-state index in [1.807, 2.05) is 55.4 Å². The van der Waals surface area contributed by atoms with Crippen molar-refractivity contribution in [2.45, 2.75) is 164 Å². The Kier molecular flexibility index (Phi) is 16.5. The molecule has 0 saturated heterocycles. The predicted octanol–water partition coefficient (Wildman–Crippen LogP) is 7.80. The largest absolute Gasteiger partial charge is 0.371 e. The highest BCUT2D eigenvalue weighted by Crippen LogP contribution is 2.47. The second-order valence-electron chi connectivity index (χ2n) is 11.9. The number of ether oxygens (including phenoxy) is 5. The Balaban J connectivity index is 7.09. The summed E-state index contributed by atoms with van der Waals surface area (Å²) in [7, 11) is 0. The molecule has 36 heavy (non-hydrogen) atoms. The molecule has 3 atom stereocenters. The lowest BCUT2D eigenvalue weighted by Crippen LogP contribution is -2.74. The smallest absolute Gasteiger partial charge is 0.367 e. The van der Waals surface area contributed by atoms with Crippen LogP contribution < -0.4 is 0 Å². The number of unbranched alkanes of at least 4 members (excludes halogenated alkanes) is 3. The molecule has 0 aromatic heterocycles. The van der Waals surface area contributed by atoms with Gasteiger partial charge in [0.25, 0.3) is 5.79 Å². The molecule has 0 N–H and O–H groups in total. The summed E-state index contributed by atoms with van der Waals surface area (Å²) >= 11 is 0. The summed E-state index contributed by atoms with van der Waals surface area (Å²) in [5, 5.41) is 0. The van der Waals surface area contributed by atoms with Crippen LogP contribution >= 0.6 is 0 Å². The lowest BCUT2D eigenvalue weighted by atomic mass is 9.92. The van der Waals surface area contributed by atoms with Crippen LogP contribution in [0.4, 0.5) is 0 Å². The maximum absolute atomic E-state index is 6.74. The fraction of sp³-hybridized carbons (Fsp3) is 1.00. The second-order valence-corrected chi connectivity index (χ2v) is 11.9. The van der Waals surface area contributed by atoms with Crippen molar-refractivity contribution < 1.29 is 33.5 Å². The van der Waals surface area contributed by atoms with Gasteiger partial charge in [-0.1, -0.05) is 53.9 Å². The van der Waals surface area contributed by atoms with Crippen LogP contribution in [0.15, 0.2) is 0 Å². The van der Waals surface area contributed by atoms with Crippen molar-refractivity contribution in [1.82, 2.24) is 0 Å². The van der Waals surface area contributed by atoms with Gasteiger partial charge in [-0.05, 0) is 80.6 Å². The van der Waals surface area contributed by atoms with Crippen molar-refractivity contribution in [2.24, 2.45) is 5.92 Å². The summed E-state index contributed by atoms with van der Waals surface area (Å²) in [4.78, 5) is 12.1. The molecule has 0 aromatic carbocycles. The van der Waals surface area contributed by atoms with Crippen molar-refractivity contribution >= 4 is 0 Å². The third kappa shape index (κ3) is 11.6. The van der Waals surface area contributed by atoms with Crippen molar-refractivity contribution in [2.75, 3.05) is 19.8 Å². The van der Waals surface area contributed by atoms with Crippen molar-refractivity contribution in [3.05, 3.63) is 0 Å². The van der Waals surface area contributed by atoms with Gasteiger partial charge in [0.1, 0.15) is 5.60 Å². The maximum atomic E-state index is 6.74. The summed E-state index contributed by atoms with van der Waals surface area (Å²) in [6, 6.07) is 0. The Morgan fingerprint density at radius 3 is 1.78 bits per heavy atom. The molecule has 0 fully saturated rings. The third-order valence-electron chi connectivity index (χ3n) is 5.52.